The van der Waals surface area contributed by atoms with Crippen LogP contribution >= 0.6 is 0 Å². The maximum Gasteiger partial charge on any atom is 0.303 e. The normalized spacial score (nSPS) is 8.27. The van der Waals surface area contributed by atoms with Gasteiger partial charge in [-0.2, -0.15) is 0 Å². The van der Waals surface area contributed by atoms with Crippen molar-refractivity contribution in [3.63, 3.8) is 0 Å². The molecule has 0 rings (SSSR count). The van der Waals surface area contributed by atoms with Gasteiger partial charge in [-0.1, -0.05) is 0 Å². The Labute approximate surface area is 86.9 Å². The van der Waals surface area contributed by atoms with E-state index >= 15 is 0 Å². The number of carboxylic acid groups (broad SMARTS) is 2. The van der Waals surface area contributed by atoms with Crippen LogP contribution in [0, 0.1) is 0 Å². The highest BCUT2D eigenvalue weighted by atomic mass is 16.4. The van der Waals surface area contributed by atoms with Crippen molar-refractivity contribution in [2.75, 3.05) is 0 Å². The number of hydrogen-bond acceptors (Lipinski definition) is 4. The SMILES string of the molecule is O=C(O)CCC(=O)O.O=CCCCC=O. The second kappa shape index (κ2) is 12.3. The Kier molecular flexibility index (Phi) is 12.9. The first-order valence-corrected chi connectivity index (χ1v) is 4.35. The standard InChI is InChI=1S/C5H8O2.C4H6O4/c6-4-2-1-3-5-7;5-3(6)1-2-4(7)8/h4-5H,1-3H2;1-2H2,(H,5,6)(H,7,8). The van der Waals surface area contributed by atoms with Gasteiger partial charge in [0.05, 0.1) is 12.8 Å². The maximum atomic E-state index is 9.64. The van der Waals surface area contributed by atoms with E-state index in [1.807, 2.05) is 0 Å². The van der Waals surface area contributed by atoms with Crippen LogP contribution in [0.2, 0.25) is 0 Å². The van der Waals surface area contributed by atoms with Gasteiger partial charge in [-0.25, -0.2) is 0 Å². The lowest BCUT2D eigenvalue weighted by molar-refractivity contribution is -0.143. The quantitative estimate of drug-likeness (QED) is 0.475. The van der Waals surface area contributed by atoms with Crippen LogP contribution in [0.5, 0.6) is 0 Å². The molecule has 15 heavy (non-hydrogen) atoms. The minimum Gasteiger partial charge on any atom is -0.481 e. The van der Waals surface area contributed by atoms with Gasteiger partial charge < -0.3 is 19.8 Å². The van der Waals surface area contributed by atoms with E-state index in [0.29, 0.717) is 19.3 Å². The summed E-state index contributed by atoms with van der Waals surface area (Å²) in [6.07, 6.45) is 2.78. The van der Waals surface area contributed by atoms with Crippen LogP contribution in [0.1, 0.15) is 32.1 Å². The van der Waals surface area contributed by atoms with Crippen LogP contribution in [-0.4, -0.2) is 34.7 Å². The number of unbranched alkanes of at least 4 members (excludes halogenated alkanes) is 2. The molecule has 0 aromatic rings. The molecule has 0 aliphatic heterocycles. The molecule has 6 nitrogen and oxygen atoms in total. The van der Waals surface area contributed by atoms with Crippen molar-refractivity contribution >= 4 is 24.5 Å². The Morgan fingerprint density at radius 1 is 0.867 bits per heavy atom. The summed E-state index contributed by atoms with van der Waals surface area (Å²) < 4.78 is 0. The van der Waals surface area contributed by atoms with Crippen LogP contribution in [0.25, 0.3) is 0 Å². The van der Waals surface area contributed by atoms with Crippen molar-refractivity contribution in [3.05, 3.63) is 0 Å². The Morgan fingerprint density at radius 3 is 1.40 bits per heavy atom. The molecule has 0 saturated heterocycles. The zero-order valence-electron chi connectivity index (χ0n) is 8.22. The molecular weight excluding hydrogens is 204 g/mol. The number of aliphatic carboxylic acids is 2. The highest BCUT2D eigenvalue weighted by molar-refractivity contribution is 5.75. The number of hydrogen-bond donors (Lipinski definition) is 2. The van der Waals surface area contributed by atoms with E-state index in [0.717, 1.165) is 12.6 Å². The van der Waals surface area contributed by atoms with Gasteiger partial charge in [-0.3, -0.25) is 9.59 Å². The minimum absolute atomic E-state index is 0.296. The van der Waals surface area contributed by atoms with Crippen LogP contribution in [0.3, 0.4) is 0 Å². The number of carboxylic acids is 2. The second-order valence-electron chi connectivity index (χ2n) is 2.55. The lowest BCUT2D eigenvalue weighted by Crippen LogP contribution is -2.00. The third kappa shape index (κ3) is 24.5. The van der Waals surface area contributed by atoms with E-state index in [1.54, 1.807) is 0 Å². The molecule has 0 aromatic heterocycles. The van der Waals surface area contributed by atoms with Crippen molar-refractivity contribution in [2.24, 2.45) is 0 Å². The summed E-state index contributed by atoms with van der Waals surface area (Å²) in [5.41, 5.74) is 0. The molecule has 0 spiro atoms. The zero-order chi connectivity index (χ0) is 12.1. The Hall–Kier alpha value is -1.72. The molecule has 86 valence electrons. The van der Waals surface area contributed by atoms with Gasteiger partial charge in [0.1, 0.15) is 12.6 Å². The zero-order valence-corrected chi connectivity index (χ0v) is 8.22. The van der Waals surface area contributed by atoms with E-state index in [4.69, 9.17) is 10.2 Å². The van der Waals surface area contributed by atoms with Gasteiger partial charge in [0.15, 0.2) is 0 Å². The molecule has 6 heteroatoms. The fourth-order valence-corrected chi connectivity index (χ4v) is 0.498. The summed E-state index contributed by atoms with van der Waals surface area (Å²) in [4.78, 5) is 38.4. The molecule has 0 aliphatic rings. The number of rotatable bonds is 7. The molecule has 0 radical (unpaired) electrons. The first-order valence-electron chi connectivity index (χ1n) is 4.35. The van der Waals surface area contributed by atoms with Crippen LogP contribution in [-0.2, 0) is 19.2 Å². The molecule has 0 aromatic carbocycles. The summed E-state index contributed by atoms with van der Waals surface area (Å²) in [5.74, 6) is -2.15. The van der Waals surface area contributed by atoms with E-state index in [9.17, 15) is 19.2 Å². The van der Waals surface area contributed by atoms with E-state index in [1.165, 1.54) is 0 Å². The molecule has 0 unspecified atom stereocenters. The summed E-state index contributed by atoms with van der Waals surface area (Å²) in [6.45, 7) is 0. The minimum atomic E-state index is -1.08. The van der Waals surface area contributed by atoms with Gasteiger partial charge in [0.25, 0.3) is 0 Å². The number of aldehydes is 2. The van der Waals surface area contributed by atoms with Gasteiger partial charge in [-0.15, -0.1) is 0 Å². The first kappa shape index (κ1) is 15.7. The molecule has 0 bridgehead atoms. The first-order chi connectivity index (χ1) is 7.04. The van der Waals surface area contributed by atoms with Crippen molar-refractivity contribution in [2.45, 2.75) is 32.1 Å². The number of carbonyl (C=O) groups excluding carboxylic acids is 2. The van der Waals surface area contributed by atoms with Gasteiger partial charge in [0, 0.05) is 12.8 Å². The average Bonchev–Trinajstić information content (AvgIpc) is 2.17. The maximum absolute atomic E-state index is 9.64. The molecule has 0 fully saturated rings. The van der Waals surface area contributed by atoms with Crippen molar-refractivity contribution in [1.82, 2.24) is 0 Å². The highest BCUT2D eigenvalue weighted by Crippen LogP contribution is 1.86. The molecule has 0 amide bonds. The molecule has 0 heterocycles. The summed E-state index contributed by atoms with van der Waals surface area (Å²) in [6, 6.07) is 0. The third-order valence-corrected chi connectivity index (χ3v) is 1.20. The third-order valence-electron chi connectivity index (χ3n) is 1.20. The van der Waals surface area contributed by atoms with Crippen molar-refractivity contribution in [1.29, 1.82) is 0 Å². The summed E-state index contributed by atoms with van der Waals surface area (Å²) in [5, 5.41) is 15.8. The van der Waals surface area contributed by atoms with Crippen LogP contribution in [0.4, 0.5) is 0 Å². The van der Waals surface area contributed by atoms with Crippen LogP contribution < -0.4 is 0 Å². The van der Waals surface area contributed by atoms with E-state index < -0.39 is 11.9 Å². The highest BCUT2D eigenvalue weighted by Gasteiger charge is 2.00. The van der Waals surface area contributed by atoms with E-state index in [2.05, 4.69) is 0 Å². The van der Waals surface area contributed by atoms with E-state index in [-0.39, 0.29) is 12.8 Å². The Morgan fingerprint density at radius 2 is 1.20 bits per heavy atom. The lowest BCUT2D eigenvalue weighted by Gasteiger charge is -1.85. The number of carbonyl (C=O) groups is 4. The monoisotopic (exact) mass is 218 g/mol. The Balaban J connectivity index is 0. The predicted molar refractivity (Wildman–Crippen MR) is 50.5 cm³/mol. The van der Waals surface area contributed by atoms with Gasteiger partial charge >= 0.3 is 11.9 Å². The topological polar surface area (TPSA) is 109 Å². The molecule has 0 saturated carbocycles. The lowest BCUT2D eigenvalue weighted by atomic mass is 10.3. The van der Waals surface area contributed by atoms with Gasteiger partial charge in [-0.05, 0) is 6.42 Å². The van der Waals surface area contributed by atoms with Crippen LogP contribution in [0.15, 0.2) is 0 Å². The summed E-state index contributed by atoms with van der Waals surface area (Å²) >= 11 is 0. The van der Waals surface area contributed by atoms with Crippen molar-refractivity contribution < 1.29 is 29.4 Å². The average molecular weight is 218 g/mol. The van der Waals surface area contributed by atoms with Crippen molar-refractivity contribution in [3.8, 4) is 0 Å². The van der Waals surface area contributed by atoms with Gasteiger partial charge in [0.2, 0.25) is 0 Å². The Bertz CT molecular complexity index is 189. The predicted octanol–water partition coefficient (Wildman–Crippen LogP) is 0.490. The summed E-state index contributed by atoms with van der Waals surface area (Å²) in [7, 11) is 0. The second-order valence-corrected chi connectivity index (χ2v) is 2.55. The molecule has 2 N–H and O–H groups in total. The fraction of sp³-hybridized carbons (Fsp3) is 0.556. The smallest absolute Gasteiger partial charge is 0.303 e. The molecule has 0 atom stereocenters. The fourth-order valence-electron chi connectivity index (χ4n) is 0.498. The molecular formula is C9H14O6. The molecule has 0 aliphatic carbocycles. The largest absolute Gasteiger partial charge is 0.481 e.